The Kier molecular flexibility index (Phi) is 6.60. The Labute approximate surface area is 166 Å². The molecule has 11 nitrogen and oxygen atoms in total. The van der Waals surface area contributed by atoms with Gasteiger partial charge in [-0.3, -0.25) is 9.36 Å². The largest absolute Gasteiger partial charge is 0.481 e. The fourth-order valence-electron chi connectivity index (χ4n) is 3.10. The lowest BCUT2D eigenvalue weighted by Gasteiger charge is -2.16. The van der Waals surface area contributed by atoms with Crippen LogP contribution in [0.2, 0.25) is 0 Å². The molecule has 3 heterocycles. The van der Waals surface area contributed by atoms with Crippen molar-refractivity contribution in [2.45, 2.75) is 56.6 Å². The van der Waals surface area contributed by atoms with Crippen LogP contribution in [0.1, 0.15) is 44.2 Å². The Balaban J connectivity index is 1.74. The summed E-state index contributed by atoms with van der Waals surface area (Å²) in [5.74, 6) is 5.24. The maximum atomic E-state index is 10.5. The van der Waals surface area contributed by atoms with Gasteiger partial charge in [0.2, 0.25) is 5.82 Å². The van der Waals surface area contributed by atoms with Gasteiger partial charge in [-0.15, -0.1) is 0 Å². The molecule has 0 saturated carbocycles. The number of aromatic nitrogens is 4. The minimum absolute atomic E-state index is 0.117. The van der Waals surface area contributed by atoms with Gasteiger partial charge in [0, 0.05) is 12.8 Å². The van der Waals surface area contributed by atoms with Crippen molar-refractivity contribution in [1.82, 2.24) is 19.5 Å². The first-order valence-electron chi connectivity index (χ1n) is 9.25. The topological polar surface area (TPSA) is 177 Å². The number of carboxylic acids is 1. The number of carbonyl (C=O) groups is 1. The molecule has 0 spiro atoms. The van der Waals surface area contributed by atoms with Crippen LogP contribution in [0.4, 0.5) is 5.82 Å². The molecule has 11 heteroatoms. The second kappa shape index (κ2) is 9.15. The molecular formula is C18H23N5O6. The standard InChI is InChI=1S/C18H23N5O6/c19-16-13-17(22-11(21-16)6-4-2-1-3-5-7-12(25)26)23(9-20-13)18-15(28)14(27)10(8-24)29-18/h9-10,14-15,18,24,27-28H,1-3,5,7-8H2,(H,25,26)(H2,19,21,22)/t10-,14-,15-,18-/m1/s1. The normalized spacial score (nSPS) is 23.8. The third kappa shape index (κ3) is 4.63. The van der Waals surface area contributed by atoms with Crippen LogP contribution in [0.3, 0.4) is 0 Å². The molecule has 3 rings (SSSR count). The van der Waals surface area contributed by atoms with Gasteiger partial charge in [0.05, 0.1) is 12.9 Å². The van der Waals surface area contributed by atoms with Crippen LogP contribution in [0.25, 0.3) is 11.2 Å². The summed E-state index contributed by atoms with van der Waals surface area (Å²) in [5, 5.41) is 38.1. The van der Waals surface area contributed by atoms with Gasteiger partial charge in [-0.05, 0) is 18.8 Å². The fourth-order valence-corrected chi connectivity index (χ4v) is 3.10. The summed E-state index contributed by atoms with van der Waals surface area (Å²) < 4.78 is 6.94. The second-order valence-electron chi connectivity index (χ2n) is 6.74. The van der Waals surface area contributed by atoms with E-state index in [4.69, 9.17) is 15.6 Å². The van der Waals surface area contributed by atoms with Gasteiger partial charge in [0.1, 0.15) is 23.8 Å². The van der Waals surface area contributed by atoms with E-state index in [0.29, 0.717) is 18.4 Å². The molecule has 1 saturated heterocycles. The molecule has 156 valence electrons. The number of hydrogen-bond acceptors (Lipinski definition) is 9. The highest BCUT2D eigenvalue weighted by atomic mass is 16.6. The molecule has 6 N–H and O–H groups in total. The van der Waals surface area contributed by atoms with Crippen LogP contribution in [-0.2, 0) is 9.53 Å². The number of rotatable bonds is 7. The SMILES string of the molecule is Nc1nc(C#CCCCCCC(=O)O)nc2c1ncn2[C@@H]1O[C@H](CO)[C@@H](O)[C@H]1O. The molecule has 1 aliphatic rings. The highest BCUT2D eigenvalue weighted by Crippen LogP contribution is 2.31. The van der Waals surface area contributed by atoms with E-state index in [2.05, 4.69) is 26.8 Å². The third-order valence-corrected chi connectivity index (χ3v) is 4.63. The van der Waals surface area contributed by atoms with Crippen molar-refractivity contribution in [1.29, 1.82) is 0 Å². The van der Waals surface area contributed by atoms with Crippen LogP contribution in [0.15, 0.2) is 6.33 Å². The average molecular weight is 405 g/mol. The summed E-state index contributed by atoms with van der Waals surface area (Å²) in [6.07, 6.45) is -0.221. The van der Waals surface area contributed by atoms with E-state index in [1.807, 2.05) is 0 Å². The summed E-state index contributed by atoms with van der Waals surface area (Å²) in [4.78, 5) is 23.1. The van der Waals surface area contributed by atoms with Crippen LogP contribution < -0.4 is 5.73 Å². The quantitative estimate of drug-likeness (QED) is 0.295. The van der Waals surface area contributed by atoms with Crippen molar-refractivity contribution in [3.8, 4) is 11.8 Å². The Hall–Kier alpha value is -2.78. The minimum Gasteiger partial charge on any atom is -0.481 e. The second-order valence-corrected chi connectivity index (χ2v) is 6.74. The number of nitrogens with zero attached hydrogens (tertiary/aromatic N) is 4. The van der Waals surface area contributed by atoms with E-state index in [0.717, 1.165) is 12.8 Å². The summed E-state index contributed by atoms with van der Waals surface area (Å²) >= 11 is 0. The van der Waals surface area contributed by atoms with E-state index in [1.165, 1.54) is 10.9 Å². The smallest absolute Gasteiger partial charge is 0.303 e. The molecule has 0 radical (unpaired) electrons. The molecule has 29 heavy (non-hydrogen) atoms. The number of ether oxygens (including phenoxy) is 1. The number of nitrogens with two attached hydrogens (primary N) is 1. The fraction of sp³-hybridized carbons (Fsp3) is 0.556. The predicted molar refractivity (Wildman–Crippen MR) is 100 cm³/mol. The molecule has 0 aromatic carbocycles. The number of aliphatic carboxylic acids is 1. The van der Waals surface area contributed by atoms with Gasteiger partial charge in [-0.1, -0.05) is 12.3 Å². The van der Waals surface area contributed by atoms with Gasteiger partial charge >= 0.3 is 5.97 Å². The van der Waals surface area contributed by atoms with E-state index < -0.39 is 37.1 Å². The molecule has 0 amide bonds. The predicted octanol–water partition coefficient (Wildman–Crippen LogP) is -0.593. The Morgan fingerprint density at radius 1 is 1.24 bits per heavy atom. The first kappa shape index (κ1) is 20.9. The van der Waals surface area contributed by atoms with Gasteiger partial charge in [-0.25, -0.2) is 15.0 Å². The monoisotopic (exact) mass is 405 g/mol. The zero-order valence-electron chi connectivity index (χ0n) is 15.6. The third-order valence-electron chi connectivity index (χ3n) is 4.63. The summed E-state index contributed by atoms with van der Waals surface area (Å²) in [5.41, 5.74) is 6.54. The number of carboxylic acid groups (broad SMARTS) is 1. The summed E-state index contributed by atoms with van der Waals surface area (Å²) in [7, 11) is 0. The minimum atomic E-state index is -1.28. The van der Waals surface area contributed by atoms with Crippen molar-refractivity contribution >= 4 is 23.0 Å². The first-order chi connectivity index (χ1) is 13.9. The number of anilines is 1. The summed E-state index contributed by atoms with van der Waals surface area (Å²) in [6, 6.07) is 0. The lowest BCUT2D eigenvalue weighted by Crippen LogP contribution is -2.33. The summed E-state index contributed by atoms with van der Waals surface area (Å²) in [6.45, 7) is -0.443. The zero-order chi connectivity index (χ0) is 21.0. The molecule has 0 unspecified atom stereocenters. The van der Waals surface area contributed by atoms with Crippen molar-refractivity contribution in [2.24, 2.45) is 0 Å². The molecule has 1 aliphatic heterocycles. The Morgan fingerprint density at radius 3 is 2.72 bits per heavy atom. The Morgan fingerprint density at radius 2 is 2.03 bits per heavy atom. The lowest BCUT2D eigenvalue weighted by atomic mass is 10.1. The maximum Gasteiger partial charge on any atom is 0.303 e. The van der Waals surface area contributed by atoms with Gasteiger partial charge in [0.25, 0.3) is 0 Å². The van der Waals surface area contributed by atoms with Crippen LogP contribution in [0, 0.1) is 11.8 Å². The first-order valence-corrected chi connectivity index (χ1v) is 9.25. The highest BCUT2D eigenvalue weighted by molar-refractivity contribution is 5.82. The van der Waals surface area contributed by atoms with Crippen LogP contribution >= 0.6 is 0 Å². The van der Waals surface area contributed by atoms with Gasteiger partial charge in [-0.2, -0.15) is 0 Å². The van der Waals surface area contributed by atoms with Crippen LogP contribution in [0.5, 0.6) is 0 Å². The number of fused-ring (bicyclic) bond motifs is 1. The molecule has 2 aromatic heterocycles. The van der Waals surface area contributed by atoms with Crippen LogP contribution in [-0.4, -0.2) is 70.8 Å². The number of unbranched alkanes of at least 4 members (excludes halogenated alkanes) is 3. The Bertz CT molecular complexity index is 936. The van der Waals surface area contributed by atoms with Crippen molar-refractivity contribution in [2.75, 3.05) is 12.3 Å². The van der Waals surface area contributed by atoms with E-state index in [1.54, 1.807) is 0 Å². The number of aliphatic hydroxyl groups is 3. The van der Waals surface area contributed by atoms with Crippen molar-refractivity contribution < 1.29 is 30.0 Å². The lowest BCUT2D eigenvalue weighted by molar-refractivity contribution is -0.137. The molecule has 0 aliphatic carbocycles. The van der Waals surface area contributed by atoms with Crippen molar-refractivity contribution in [3.63, 3.8) is 0 Å². The zero-order valence-corrected chi connectivity index (χ0v) is 15.6. The number of imidazole rings is 1. The molecule has 4 atom stereocenters. The molecule has 1 fully saturated rings. The van der Waals surface area contributed by atoms with E-state index >= 15 is 0 Å². The maximum absolute atomic E-state index is 10.5. The average Bonchev–Trinajstić information content (AvgIpc) is 3.22. The number of hydrogen-bond donors (Lipinski definition) is 5. The van der Waals surface area contributed by atoms with Gasteiger partial charge in [0.15, 0.2) is 17.7 Å². The number of nitrogen functional groups attached to an aromatic ring is 1. The van der Waals surface area contributed by atoms with Gasteiger partial charge < -0.3 is 30.9 Å². The van der Waals surface area contributed by atoms with E-state index in [9.17, 15) is 20.1 Å². The number of aliphatic hydroxyl groups excluding tert-OH is 3. The molecular weight excluding hydrogens is 382 g/mol. The molecule has 0 bridgehead atoms. The highest BCUT2D eigenvalue weighted by Gasteiger charge is 2.44. The molecule has 2 aromatic rings. The van der Waals surface area contributed by atoms with Crippen molar-refractivity contribution in [3.05, 3.63) is 12.2 Å². The van der Waals surface area contributed by atoms with E-state index in [-0.39, 0.29) is 23.7 Å².